The van der Waals surface area contributed by atoms with Crippen LogP contribution in [0.2, 0.25) is 0 Å². The number of carbonyl (C=O) groups excluding carboxylic acids is 1. The molecule has 6 heteroatoms. The maximum Gasteiger partial charge on any atom is 0.266 e. The van der Waals surface area contributed by atoms with Crippen molar-refractivity contribution in [2.24, 2.45) is 0 Å². The Bertz CT molecular complexity index is 945. The number of aryl methyl sites for hydroxylation is 1. The summed E-state index contributed by atoms with van der Waals surface area (Å²) in [5, 5.41) is 12.2. The molecule has 0 fully saturated rings. The van der Waals surface area contributed by atoms with Crippen LogP contribution in [0.3, 0.4) is 0 Å². The predicted molar refractivity (Wildman–Crippen MR) is 119 cm³/mol. The fourth-order valence-corrected chi connectivity index (χ4v) is 3.23. The monoisotopic (exact) mass is 488 g/mol. The summed E-state index contributed by atoms with van der Waals surface area (Å²) >= 11 is 2.14. The van der Waals surface area contributed by atoms with Gasteiger partial charge in [0.2, 0.25) is 0 Å². The van der Waals surface area contributed by atoms with E-state index in [9.17, 15) is 10.1 Å². The average molecular weight is 488 g/mol. The minimum Gasteiger partial charge on any atom is -0.490 e. The number of hydrogen-bond donors (Lipinski definition) is 1. The summed E-state index contributed by atoms with van der Waals surface area (Å²) in [6.07, 6.45) is 3.19. The first-order chi connectivity index (χ1) is 13.5. The lowest BCUT2D eigenvalue weighted by atomic mass is 10.1. The molecule has 1 N–H and O–H groups in total. The van der Waals surface area contributed by atoms with Crippen molar-refractivity contribution >= 4 is 40.3 Å². The van der Waals surface area contributed by atoms with Crippen molar-refractivity contribution in [1.29, 1.82) is 5.26 Å². The van der Waals surface area contributed by atoms with Gasteiger partial charge in [-0.2, -0.15) is 5.26 Å². The Morgan fingerprint density at radius 1 is 1.32 bits per heavy atom. The maximum absolute atomic E-state index is 12.5. The van der Waals surface area contributed by atoms with Gasteiger partial charge >= 0.3 is 0 Å². The van der Waals surface area contributed by atoms with Gasteiger partial charge in [0, 0.05) is 5.69 Å². The van der Waals surface area contributed by atoms with E-state index in [2.05, 4.69) is 34.5 Å². The quantitative estimate of drug-likeness (QED) is 0.243. The molecule has 2 aromatic carbocycles. The van der Waals surface area contributed by atoms with Crippen molar-refractivity contribution in [3.8, 4) is 17.6 Å². The Labute approximate surface area is 178 Å². The van der Waals surface area contributed by atoms with Crippen molar-refractivity contribution in [3.63, 3.8) is 0 Å². The van der Waals surface area contributed by atoms with Crippen LogP contribution in [-0.4, -0.2) is 19.1 Å². The summed E-state index contributed by atoms with van der Waals surface area (Å²) in [5.74, 6) is 0.703. The predicted octanol–water partition coefficient (Wildman–Crippen LogP) is 5.11. The van der Waals surface area contributed by atoms with Crippen LogP contribution in [0.5, 0.6) is 11.5 Å². The van der Waals surface area contributed by atoms with E-state index in [1.54, 1.807) is 18.2 Å². The van der Waals surface area contributed by atoms with Crippen LogP contribution in [0.25, 0.3) is 6.08 Å². The van der Waals surface area contributed by atoms with Crippen LogP contribution in [0.15, 0.2) is 54.6 Å². The van der Waals surface area contributed by atoms with Gasteiger partial charge < -0.3 is 14.8 Å². The number of rotatable bonds is 8. The van der Waals surface area contributed by atoms with E-state index in [1.807, 2.05) is 44.2 Å². The molecule has 0 saturated carbocycles. The summed E-state index contributed by atoms with van der Waals surface area (Å²) in [5.41, 5.74) is 2.34. The van der Waals surface area contributed by atoms with E-state index in [4.69, 9.17) is 9.47 Å². The molecule has 0 saturated heterocycles. The van der Waals surface area contributed by atoms with E-state index in [0.717, 1.165) is 9.13 Å². The van der Waals surface area contributed by atoms with E-state index >= 15 is 0 Å². The average Bonchev–Trinajstić information content (AvgIpc) is 2.65. The van der Waals surface area contributed by atoms with Gasteiger partial charge in [-0.05, 0) is 77.9 Å². The van der Waals surface area contributed by atoms with E-state index in [1.165, 1.54) is 6.08 Å². The summed E-state index contributed by atoms with van der Waals surface area (Å²) in [6, 6.07) is 13.0. The lowest BCUT2D eigenvalue weighted by molar-refractivity contribution is -0.112. The maximum atomic E-state index is 12.5. The molecule has 0 spiro atoms. The van der Waals surface area contributed by atoms with Gasteiger partial charge in [-0.15, -0.1) is 0 Å². The fourth-order valence-electron chi connectivity index (χ4n) is 2.45. The number of nitrogens with one attached hydrogen (secondary N) is 1. The van der Waals surface area contributed by atoms with Crippen LogP contribution in [0, 0.1) is 21.8 Å². The van der Waals surface area contributed by atoms with Gasteiger partial charge in [-0.1, -0.05) is 24.8 Å². The highest BCUT2D eigenvalue weighted by Crippen LogP contribution is 2.35. The van der Waals surface area contributed by atoms with Crippen molar-refractivity contribution in [1.82, 2.24) is 0 Å². The third-order valence-corrected chi connectivity index (χ3v) is 4.43. The standard InChI is InChI=1S/C22H21IN2O3/c1-4-9-28-21-19(23)12-16(13-20(21)27-5-2)11-17(14-24)22(26)25-18-8-6-7-15(3)10-18/h4,6-8,10-13H,1,5,9H2,2-3H3,(H,25,26)/b17-11-. The molecule has 5 nitrogen and oxygen atoms in total. The molecule has 0 aromatic heterocycles. The van der Waals surface area contributed by atoms with Gasteiger partial charge in [-0.3, -0.25) is 4.79 Å². The van der Waals surface area contributed by atoms with E-state index in [0.29, 0.717) is 36.0 Å². The highest BCUT2D eigenvalue weighted by atomic mass is 127. The number of carbonyl (C=O) groups is 1. The molecule has 2 aromatic rings. The first-order valence-electron chi connectivity index (χ1n) is 8.68. The zero-order valence-corrected chi connectivity index (χ0v) is 17.9. The number of anilines is 1. The summed E-state index contributed by atoms with van der Waals surface area (Å²) < 4.78 is 12.2. The van der Waals surface area contributed by atoms with Crippen LogP contribution in [0.4, 0.5) is 5.69 Å². The number of amides is 1. The summed E-state index contributed by atoms with van der Waals surface area (Å²) in [4.78, 5) is 12.5. The molecular formula is C22H21IN2O3. The number of ether oxygens (including phenoxy) is 2. The third kappa shape index (κ3) is 5.86. The third-order valence-electron chi connectivity index (χ3n) is 3.63. The zero-order chi connectivity index (χ0) is 20.5. The molecule has 28 heavy (non-hydrogen) atoms. The minimum atomic E-state index is -0.465. The Balaban J connectivity index is 2.33. The van der Waals surface area contributed by atoms with Gasteiger partial charge in [-0.25, -0.2) is 0 Å². The Morgan fingerprint density at radius 2 is 2.11 bits per heavy atom. The van der Waals surface area contributed by atoms with Crippen molar-refractivity contribution in [2.75, 3.05) is 18.5 Å². The number of hydrogen-bond acceptors (Lipinski definition) is 4. The molecule has 2 rings (SSSR count). The zero-order valence-electron chi connectivity index (χ0n) is 15.8. The highest BCUT2D eigenvalue weighted by molar-refractivity contribution is 14.1. The number of nitriles is 1. The van der Waals surface area contributed by atoms with Crippen molar-refractivity contribution in [3.05, 3.63) is 69.3 Å². The van der Waals surface area contributed by atoms with E-state index < -0.39 is 5.91 Å². The fraction of sp³-hybridized carbons (Fsp3) is 0.182. The second-order valence-electron chi connectivity index (χ2n) is 5.86. The molecule has 0 aliphatic carbocycles. The molecule has 144 valence electrons. The summed E-state index contributed by atoms with van der Waals surface area (Å²) in [6.45, 7) is 8.28. The lowest BCUT2D eigenvalue weighted by Crippen LogP contribution is -2.13. The van der Waals surface area contributed by atoms with Gasteiger partial charge in [0.15, 0.2) is 11.5 Å². The number of halogens is 1. The van der Waals surface area contributed by atoms with Crippen LogP contribution in [0.1, 0.15) is 18.1 Å². The Hall–Kier alpha value is -2.79. The molecule has 0 radical (unpaired) electrons. The first-order valence-corrected chi connectivity index (χ1v) is 9.76. The number of benzene rings is 2. The summed E-state index contributed by atoms with van der Waals surface area (Å²) in [7, 11) is 0. The minimum absolute atomic E-state index is 0.000450. The molecule has 0 aliphatic heterocycles. The van der Waals surface area contributed by atoms with Crippen molar-refractivity contribution in [2.45, 2.75) is 13.8 Å². The second-order valence-corrected chi connectivity index (χ2v) is 7.02. The second kappa shape index (κ2) is 10.5. The van der Waals surface area contributed by atoms with E-state index in [-0.39, 0.29) is 5.57 Å². The normalized spacial score (nSPS) is 10.7. The molecular weight excluding hydrogens is 467 g/mol. The molecule has 0 heterocycles. The molecule has 1 amide bonds. The number of nitrogens with zero attached hydrogens (tertiary/aromatic N) is 1. The van der Waals surface area contributed by atoms with Crippen molar-refractivity contribution < 1.29 is 14.3 Å². The molecule has 0 bridgehead atoms. The van der Waals surface area contributed by atoms with Gasteiger partial charge in [0.25, 0.3) is 5.91 Å². The van der Waals surface area contributed by atoms with Gasteiger partial charge in [0.05, 0.1) is 10.2 Å². The Morgan fingerprint density at radius 3 is 2.75 bits per heavy atom. The molecule has 0 unspecified atom stereocenters. The SMILES string of the molecule is C=CCOc1c(I)cc(/C=C(/C#N)C(=O)Nc2cccc(C)c2)cc1OCC. The highest BCUT2D eigenvalue weighted by Gasteiger charge is 2.14. The topological polar surface area (TPSA) is 71.3 Å². The lowest BCUT2D eigenvalue weighted by Gasteiger charge is -2.14. The smallest absolute Gasteiger partial charge is 0.266 e. The molecule has 0 aliphatic rings. The Kier molecular flexibility index (Phi) is 8.08. The first kappa shape index (κ1) is 21.5. The van der Waals surface area contributed by atoms with Crippen LogP contribution < -0.4 is 14.8 Å². The van der Waals surface area contributed by atoms with Crippen LogP contribution >= 0.6 is 22.6 Å². The van der Waals surface area contributed by atoms with Gasteiger partial charge in [0.1, 0.15) is 18.2 Å². The van der Waals surface area contributed by atoms with Crippen LogP contribution in [-0.2, 0) is 4.79 Å². The largest absolute Gasteiger partial charge is 0.490 e. The molecule has 0 atom stereocenters.